The Kier molecular flexibility index (Phi) is 6.07. The molecule has 1 aliphatic heterocycles. The molecule has 5 rings (SSSR count). The van der Waals surface area contributed by atoms with E-state index in [2.05, 4.69) is 15.5 Å². The maximum Gasteiger partial charge on any atom is 0.239 e. The minimum Gasteiger partial charge on any atom is -0.299 e. The Hall–Kier alpha value is -3.87. The highest BCUT2D eigenvalue weighted by Crippen LogP contribution is 2.37. The van der Waals surface area contributed by atoms with Crippen LogP contribution in [0.2, 0.25) is 0 Å². The van der Waals surface area contributed by atoms with Crippen molar-refractivity contribution in [3.05, 3.63) is 72.1 Å². The highest BCUT2D eigenvalue weighted by molar-refractivity contribution is 6.14. The van der Waals surface area contributed by atoms with Crippen LogP contribution in [0, 0.1) is 0 Å². The van der Waals surface area contributed by atoms with Gasteiger partial charge in [0.15, 0.2) is 5.82 Å². The minimum atomic E-state index is -0.224. The minimum absolute atomic E-state index is 0.0713. The Morgan fingerprint density at radius 1 is 0.875 bits per heavy atom. The molecule has 0 N–H and O–H groups in total. The summed E-state index contributed by atoms with van der Waals surface area (Å²) in [5.74, 6) is 0.465. The predicted octanol–water partition coefficient (Wildman–Crippen LogP) is 4.58. The van der Waals surface area contributed by atoms with Gasteiger partial charge >= 0.3 is 0 Å². The molecule has 3 aromatic carbocycles. The molecule has 0 radical (unpaired) electrons. The number of tetrazole rings is 1. The monoisotopic (exact) mass is 427 g/mol. The lowest BCUT2D eigenvalue weighted by atomic mass is 9.98. The lowest BCUT2D eigenvalue weighted by molar-refractivity contribution is -0.125. The lowest BCUT2D eigenvalue weighted by Crippen LogP contribution is -2.26. The molecule has 1 aliphatic rings. The zero-order valence-electron chi connectivity index (χ0n) is 18.4. The Balaban J connectivity index is 0.00000119. The number of amides is 1. The van der Waals surface area contributed by atoms with Gasteiger partial charge in [-0.05, 0) is 57.1 Å². The van der Waals surface area contributed by atoms with Crippen molar-refractivity contribution in [3.8, 4) is 5.69 Å². The first-order valence-electron chi connectivity index (χ1n) is 10.9. The molecule has 1 aromatic heterocycles. The summed E-state index contributed by atoms with van der Waals surface area (Å²) in [6.07, 6.45) is 0.848. The number of hydrogen-bond donors (Lipinski definition) is 0. The van der Waals surface area contributed by atoms with Crippen molar-refractivity contribution in [1.82, 2.24) is 20.2 Å². The predicted molar refractivity (Wildman–Crippen MR) is 124 cm³/mol. The number of nitrogens with zero attached hydrogens (tertiary/aromatic N) is 5. The van der Waals surface area contributed by atoms with E-state index in [1.54, 1.807) is 9.58 Å². The van der Waals surface area contributed by atoms with Crippen LogP contribution in [0.25, 0.3) is 16.5 Å². The summed E-state index contributed by atoms with van der Waals surface area (Å²) in [5, 5.41) is 13.8. The first kappa shape index (κ1) is 21.4. The molecule has 0 saturated heterocycles. The summed E-state index contributed by atoms with van der Waals surface area (Å²) >= 11 is 0. The van der Waals surface area contributed by atoms with Crippen LogP contribution >= 0.6 is 0 Å². The van der Waals surface area contributed by atoms with Crippen LogP contribution < -0.4 is 4.90 Å². The normalized spacial score (nSPS) is 13.4. The molecular formula is C25H25N5O2. The van der Waals surface area contributed by atoms with Crippen molar-refractivity contribution in [3.63, 3.8) is 0 Å². The fourth-order valence-electron chi connectivity index (χ4n) is 4.01. The average molecular weight is 428 g/mol. The van der Waals surface area contributed by atoms with Crippen molar-refractivity contribution in [2.75, 3.05) is 4.90 Å². The zero-order chi connectivity index (χ0) is 22.7. The van der Waals surface area contributed by atoms with Gasteiger partial charge in [0, 0.05) is 18.5 Å². The largest absolute Gasteiger partial charge is 0.299 e. The molecule has 7 nitrogen and oxygen atoms in total. The number of ketones is 1. The van der Waals surface area contributed by atoms with Crippen molar-refractivity contribution in [2.45, 2.75) is 40.0 Å². The van der Waals surface area contributed by atoms with E-state index < -0.39 is 0 Å². The number of anilines is 2. The molecule has 2 heterocycles. The topological polar surface area (TPSA) is 81.0 Å². The van der Waals surface area contributed by atoms with Crippen LogP contribution in [0.4, 0.5) is 11.4 Å². The van der Waals surface area contributed by atoms with Crippen molar-refractivity contribution < 1.29 is 9.59 Å². The number of rotatable bonds is 3. The lowest BCUT2D eigenvalue weighted by Gasteiger charge is -2.24. The maximum absolute atomic E-state index is 13.0. The SMILES string of the molecule is CC.CCc1nnnn1-c1ccc(N2C(=O)CC(=O)Cc3c2ccc2ccccc32)cc1. The number of Topliss-reactive ketones (excluding diaryl/α,β-unsaturated/α-hetero) is 1. The van der Waals surface area contributed by atoms with Crippen molar-refractivity contribution in [1.29, 1.82) is 0 Å². The Morgan fingerprint density at radius 2 is 1.59 bits per heavy atom. The number of hydrogen-bond acceptors (Lipinski definition) is 5. The highest BCUT2D eigenvalue weighted by atomic mass is 16.2. The molecule has 32 heavy (non-hydrogen) atoms. The molecule has 0 saturated carbocycles. The van der Waals surface area contributed by atoms with Gasteiger partial charge in [-0.15, -0.1) is 5.10 Å². The molecule has 0 fully saturated rings. The van der Waals surface area contributed by atoms with Gasteiger partial charge < -0.3 is 0 Å². The molecular weight excluding hydrogens is 402 g/mol. The first-order valence-corrected chi connectivity index (χ1v) is 10.9. The van der Waals surface area contributed by atoms with Crippen LogP contribution in [0.3, 0.4) is 0 Å². The molecule has 4 aromatic rings. The summed E-state index contributed by atoms with van der Waals surface area (Å²) in [6, 6.07) is 19.4. The second-order valence-electron chi connectivity index (χ2n) is 7.28. The third-order valence-corrected chi connectivity index (χ3v) is 5.43. The standard InChI is InChI=1S/C23H19N5O2.C2H6/c1-2-22-24-25-26-28(22)17-10-8-16(9-11-17)27-21-12-7-15-5-3-4-6-19(15)20(21)13-18(29)14-23(27)30;1-2/h3-12H,2,13-14H2,1H3;1-2H3. The fraction of sp³-hybridized carbons (Fsp3) is 0.240. The summed E-state index contributed by atoms with van der Waals surface area (Å²) in [6.45, 7) is 5.99. The quantitative estimate of drug-likeness (QED) is 0.447. The van der Waals surface area contributed by atoms with Gasteiger partial charge in [-0.2, -0.15) is 4.68 Å². The van der Waals surface area contributed by atoms with E-state index in [-0.39, 0.29) is 24.5 Å². The van der Waals surface area contributed by atoms with E-state index in [0.717, 1.165) is 33.5 Å². The number of carbonyl (C=O) groups is 2. The second-order valence-corrected chi connectivity index (χ2v) is 7.28. The molecule has 0 atom stereocenters. The van der Waals surface area contributed by atoms with Crippen molar-refractivity contribution in [2.24, 2.45) is 0 Å². The first-order chi connectivity index (χ1) is 15.7. The van der Waals surface area contributed by atoms with Gasteiger partial charge in [-0.3, -0.25) is 14.5 Å². The number of aromatic nitrogens is 4. The average Bonchev–Trinajstić information content (AvgIpc) is 3.26. The van der Waals surface area contributed by atoms with E-state index in [1.807, 2.05) is 81.4 Å². The second kappa shape index (κ2) is 9.09. The molecule has 7 heteroatoms. The number of benzene rings is 3. The zero-order valence-corrected chi connectivity index (χ0v) is 18.4. The van der Waals surface area contributed by atoms with Crippen LogP contribution in [-0.2, 0) is 22.4 Å². The molecule has 0 unspecified atom stereocenters. The Bertz CT molecular complexity index is 1280. The van der Waals surface area contributed by atoms with Crippen LogP contribution in [0.5, 0.6) is 0 Å². The smallest absolute Gasteiger partial charge is 0.239 e. The van der Waals surface area contributed by atoms with Crippen molar-refractivity contribution >= 4 is 33.8 Å². The van der Waals surface area contributed by atoms with Gasteiger partial charge in [0.2, 0.25) is 5.91 Å². The molecule has 1 amide bonds. The van der Waals surface area contributed by atoms with E-state index in [9.17, 15) is 9.59 Å². The molecule has 0 spiro atoms. The summed E-state index contributed by atoms with van der Waals surface area (Å²) in [7, 11) is 0. The van der Waals surface area contributed by atoms with Gasteiger partial charge in [0.1, 0.15) is 5.78 Å². The maximum atomic E-state index is 13.0. The Morgan fingerprint density at radius 3 is 2.34 bits per heavy atom. The summed E-state index contributed by atoms with van der Waals surface area (Å²) in [4.78, 5) is 27.1. The van der Waals surface area contributed by atoms with E-state index in [1.165, 1.54) is 0 Å². The third kappa shape index (κ3) is 3.77. The molecule has 162 valence electrons. The van der Waals surface area contributed by atoms with Gasteiger partial charge in [-0.25, -0.2) is 0 Å². The number of aryl methyl sites for hydroxylation is 1. The van der Waals surface area contributed by atoms with E-state index >= 15 is 0 Å². The van der Waals surface area contributed by atoms with Crippen LogP contribution in [0.1, 0.15) is 38.6 Å². The summed E-state index contributed by atoms with van der Waals surface area (Å²) < 4.78 is 1.68. The van der Waals surface area contributed by atoms with Crippen LogP contribution in [-0.4, -0.2) is 31.9 Å². The molecule has 0 bridgehead atoms. The van der Waals surface area contributed by atoms with Crippen LogP contribution in [0.15, 0.2) is 60.7 Å². The van der Waals surface area contributed by atoms with Gasteiger partial charge in [-0.1, -0.05) is 51.1 Å². The van der Waals surface area contributed by atoms with E-state index in [0.29, 0.717) is 12.1 Å². The van der Waals surface area contributed by atoms with Gasteiger partial charge in [0.25, 0.3) is 0 Å². The third-order valence-electron chi connectivity index (χ3n) is 5.43. The number of carbonyl (C=O) groups excluding carboxylic acids is 2. The summed E-state index contributed by atoms with van der Waals surface area (Å²) in [5.41, 5.74) is 3.18. The fourth-order valence-corrected chi connectivity index (χ4v) is 4.01. The van der Waals surface area contributed by atoms with E-state index in [4.69, 9.17) is 0 Å². The number of fused-ring (bicyclic) bond motifs is 3. The molecule has 0 aliphatic carbocycles. The highest BCUT2D eigenvalue weighted by Gasteiger charge is 2.28. The van der Waals surface area contributed by atoms with Gasteiger partial charge in [0.05, 0.1) is 17.8 Å². The Labute approximate surface area is 186 Å².